The van der Waals surface area contributed by atoms with Crippen LogP contribution in [0, 0.1) is 0 Å². The Morgan fingerprint density at radius 1 is 1.32 bits per heavy atom. The van der Waals surface area contributed by atoms with Crippen LogP contribution < -0.4 is 16.4 Å². The summed E-state index contributed by atoms with van der Waals surface area (Å²) in [6, 6.07) is 5.09. The molecule has 0 aromatic heterocycles. The van der Waals surface area contributed by atoms with Gasteiger partial charge in [-0.2, -0.15) is 0 Å². The summed E-state index contributed by atoms with van der Waals surface area (Å²) in [6.07, 6.45) is 0.636. The Morgan fingerprint density at radius 3 is 2.45 bits per heavy atom. The molecule has 7 nitrogen and oxygen atoms in total. The van der Waals surface area contributed by atoms with Crippen LogP contribution in [0.25, 0.3) is 0 Å². The highest BCUT2D eigenvalue weighted by atomic mass is 16.4. The van der Waals surface area contributed by atoms with Gasteiger partial charge in [0.2, 0.25) is 0 Å². The van der Waals surface area contributed by atoms with E-state index in [2.05, 4.69) is 10.6 Å². The number of hydrogen-bond acceptors (Lipinski definition) is 4. The van der Waals surface area contributed by atoms with Crippen molar-refractivity contribution >= 4 is 23.4 Å². The summed E-state index contributed by atoms with van der Waals surface area (Å²) in [5.74, 6) is -0.246. The SMILES string of the molecule is CNc1ccc(C(C)(NC(=O)O)C(=O)N2CCCC2)cc1N. The molecule has 1 aromatic rings. The molecule has 0 aliphatic carbocycles. The van der Waals surface area contributed by atoms with Crippen molar-refractivity contribution in [1.29, 1.82) is 0 Å². The van der Waals surface area contributed by atoms with Crippen molar-refractivity contribution in [2.45, 2.75) is 25.3 Å². The number of nitrogen functional groups attached to an aromatic ring is 1. The highest BCUT2D eigenvalue weighted by Crippen LogP contribution is 2.30. The molecule has 0 saturated carbocycles. The number of carbonyl (C=O) groups is 2. The molecule has 1 fully saturated rings. The Bertz CT molecular complexity index is 584. The molecule has 1 aromatic carbocycles. The van der Waals surface area contributed by atoms with Crippen LogP contribution in [0.15, 0.2) is 18.2 Å². The zero-order chi connectivity index (χ0) is 16.3. The minimum Gasteiger partial charge on any atom is -0.465 e. The smallest absolute Gasteiger partial charge is 0.405 e. The van der Waals surface area contributed by atoms with Crippen LogP contribution in [0.1, 0.15) is 25.3 Å². The Morgan fingerprint density at radius 2 is 1.95 bits per heavy atom. The maximum Gasteiger partial charge on any atom is 0.405 e. The van der Waals surface area contributed by atoms with E-state index < -0.39 is 11.6 Å². The first-order chi connectivity index (χ1) is 10.4. The molecule has 1 aliphatic heterocycles. The second kappa shape index (κ2) is 6.13. The summed E-state index contributed by atoms with van der Waals surface area (Å²) in [5.41, 5.74) is 6.33. The number of anilines is 2. The first-order valence-electron chi connectivity index (χ1n) is 7.26. The van der Waals surface area contributed by atoms with Crippen molar-refractivity contribution < 1.29 is 14.7 Å². The molecule has 1 unspecified atom stereocenters. The number of hydrogen-bond donors (Lipinski definition) is 4. The fraction of sp³-hybridized carbons (Fsp3) is 0.467. The summed E-state index contributed by atoms with van der Waals surface area (Å²) >= 11 is 0. The van der Waals surface area contributed by atoms with Crippen molar-refractivity contribution in [2.24, 2.45) is 0 Å². The third-order valence-corrected chi connectivity index (χ3v) is 4.08. The maximum absolute atomic E-state index is 12.8. The van der Waals surface area contributed by atoms with Crippen LogP contribution in [0.5, 0.6) is 0 Å². The van der Waals surface area contributed by atoms with Gasteiger partial charge < -0.3 is 26.4 Å². The van der Waals surface area contributed by atoms with Crippen LogP contribution in [-0.4, -0.2) is 42.1 Å². The second-order valence-corrected chi connectivity index (χ2v) is 5.61. The van der Waals surface area contributed by atoms with Gasteiger partial charge in [-0.3, -0.25) is 4.79 Å². The van der Waals surface area contributed by atoms with Crippen LogP contribution in [0.4, 0.5) is 16.2 Å². The van der Waals surface area contributed by atoms with Gasteiger partial charge in [0.15, 0.2) is 0 Å². The van der Waals surface area contributed by atoms with Gasteiger partial charge >= 0.3 is 6.09 Å². The van der Waals surface area contributed by atoms with Gasteiger partial charge in [0, 0.05) is 20.1 Å². The van der Waals surface area contributed by atoms with Gasteiger partial charge in [-0.15, -0.1) is 0 Å². The lowest BCUT2D eigenvalue weighted by molar-refractivity contribution is -0.136. The van der Waals surface area contributed by atoms with Crippen molar-refractivity contribution in [3.63, 3.8) is 0 Å². The predicted molar refractivity (Wildman–Crippen MR) is 84.7 cm³/mol. The van der Waals surface area contributed by atoms with Gasteiger partial charge in [0.05, 0.1) is 11.4 Å². The Labute approximate surface area is 129 Å². The lowest BCUT2D eigenvalue weighted by Crippen LogP contribution is -2.54. The Balaban J connectivity index is 2.41. The van der Waals surface area contributed by atoms with E-state index >= 15 is 0 Å². The third kappa shape index (κ3) is 2.93. The molecule has 5 N–H and O–H groups in total. The zero-order valence-corrected chi connectivity index (χ0v) is 12.8. The van der Waals surface area contributed by atoms with Gasteiger partial charge in [0.1, 0.15) is 5.54 Å². The minimum atomic E-state index is -1.35. The van der Waals surface area contributed by atoms with Crippen LogP contribution in [0.2, 0.25) is 0 Å². The van der Waals surface area contributed by atoms with E-state index in [9.17, 15) is 9.59 Å². The Kier molecular flexibility index (Phi) is 4.44. The third-order valence-electron chi connectivity index (χ3n) is 4.08. The summed E-state index contributed by atoms with van der Waals surface area (Å²) in [6.45, 7) is 2.88. The quantitative estimate of drug-likeness (QED) is 0.629. The number of nitrogens with one attached hydrogen (secondary N) is 2. The molecular formula is C15H22N4O3. The number of nitrogens with two attached hydrogens (primary N) is 1. The fourth-order valence-electron chi connectivity index (χ4n) is 2.80. The highest BCUT2D eigenvalue weighted by Gasteiger charge is 2.41. The van der Waals surface area contributed by atoms with Crippen molar-refractivity contribution in [1.82, 2.24) is 10.2 Å². The average Bonchev–Trinajstić information content (AvgIpc) is 2.99. The number of carboxylic acid groups (broad SMARTS) is 1. The molecular weight excluding hydrogens is 284 g/mol. The van der Waals surface area contributed by atoms with Crippen molar-refractivity contribution in [3.8, 4) is 0 Å². The molecule has 0 radical (unpaired) electrons. The van der Waals surface area contributed by atoms with Gasteiger partial charge in [-0.1, -0.05) is 6.07 Å². The molecule has 0 bridgehead atoms. The summed E-state index contributed by atoms with van der Waals surface area (Å²) < 4.78 is 0. The lowest BCUT2D eigenvalue weighted by Gasteiger charge is -2.33. The lowest BCUT2D eigenvalue weighted by atomic mass is 9.89. The van der Waals surface area contributed by atoms with Crippen molar-refractivity contribution in [2.75, 3.05) is 31.2 Å². The molecule has 22 heavy (non-hydrogen) atoms. The number of likely N-dealkylation sites (tertiary alicyclic amines) is 1. The van der Waals surface area contributed by atoms with Gasteiger partial charge in [-0.25, -0.2) is 4.79 Å². The molecule has 120 valence electrons. The normalized spacial score (nSPS) is 16.9. The van der Waals surface area contributed by atoms with E-state index in [0.29, 0.717) is 24.3 Å². The molecule has 1 atom stereocenters. The number of benzene rings is 1. The molecule has 2 amide bonds. The van der Waals surface area contributed by atoms with Crippen molar-refractivity contribution in [3.05, 3.63) is 23.8 Å². The predicted octanol–water partition coefficient (Wildman–Crippen LogP) is 1.42. The monoisotopic (exact) mass is 306 g/mol. The summed E-state index contributed by atoms with van der Waals surface area (Å²) in [7, 11) is 1.75. The summed E-state index contributed by atoms with van der Waals surface area (Å²) in [4.78, 5) is 25.7. The standard InChI is InChI=1S/C15H22N4O3/c1-15(18-14(21)22,13(20)19-7-3-4-8-19)10-5-6-12(17-2)11(16)9-10/h5-6,9,17-18H,3-4,7-8,16H2,1-2H3,(H,21,22). The molecule has 0 spiro atoms. The molecule has 7 heteroatoms. The number of carbonyl (C=O) groups excluding carboxylic acids is 1. The molecule has 2 rings (SSSR count). The van der Waals surface area contributed by atoms with E-state index in [1.807, 2.05) is 0 Å². The first-order valence-corrected chi connectivity index (χ1v) is 7.26. The summed E-state index contributed by atoms with van der Waals surface area (Å²) in [5, 5.41) is 14.5. The topological polar surface area (TPSA) is 108 Å². The zero-order valence-electron chi connectivity index (χ0n) is 12.8. The largest absolute Gasteiger partial charge is 0.465 e. The molecule has 1 saturated heterocycles. The number of nitrogens with zero attached hydrogens (tertiary/aromatic N) is 1. The molecule has 1 heterocycles. The van der Waals surface area contributed by atoms with E-state index in [1.165, 1.54) is 0 Å². The van der Waals surface area contributed by atoms with E-state index in [-0.39, 0.29) is 5.91 Å². The first kappa shape index (κ1) is 15.9. The van der Waals surface area contributed by atoms with Gasteiger partial charge in [-0.05, 0) is 37.5 Å². The van der Waals surface area contributed by atoms with Crippen LogP contribution in [0.3, 0.4) is 0 Å². The van der Waals surface area contributed by atoms with Crippen LogP contribution >= 0.6 is 0 Å². The number of amides is 2. The van der Waals surface area contributed by atoms with E-state index in [0.717, 1.165) is 18.5 Å². The molecule has 1 aliphatic rings. The van der Waals surface area contributed by atoms with E-state index in [4.69, 9.17) is 10.8 Å². The number of rotatable bonds is 4. The van der Waals surface area contributed by atoms with Gasteiger partial charge in [0.25, 0.3) is 5.91 Å². The maximum atomic E-state index is 12.8. The van der Waals surface area contributed by atoms with Crippen LogP contribution in [-0.2, 0) is 10.3 Å². The Hall–Kier alpha value is -2.44. The average molecular weight is 306 g/mol. The van der Waals surface area contributed by atoms with E-state index in [1.54, 1.807) is 37.1 Å². The minimum absolute atomic E-state index is 0.246. The highest BCUT2D eigenvalue weighted by molar-refractivity contribution is 5.91. The second-order valence-electron chi connectivity index (χ2n) is 5.61. The fourth-order valence-corrected chi connectivity index (χ4v) is 2.80.